The molecule has 2 saturated heterocycles. The number of hydrogen-bond donors (Lipinski definition) is 0. The molecule has 2 fully saturated rings. The molecule has 0 saturated carbocycles. The Balaban J connectivity index is 1.94. The van der Waals surface area contributed by atoms with Crippen molar-refractivity contribution >= 4 is 21.7 Å². The molecule has 0 aliphatic carbocycles. The molecule has 7 heteroatoms. The van der Waals surface area contributed by atoms with Gasteiger partial charge >= 0.3 is 0 Å². The van der Waals surface area contributed by atoms with Crippen LogP contribution in [-0.4, -0.2) is 60.5 Å². The topological polar surface area (TPSA) is 74.8 Å². The molecule has 3 aliphatic heterocycles. The lowest BCUT2D eigenvalue weighted by atomic mass is 10.0. The highest BCUT2D eigenvalue weighted by Gasteiger charge is 2.49. The number of amides is 2. The first kappa shape index (κ1) is 13.6. The summed E-state index contributed by atoms with van der Waals surface area (Å²) in [4.78, 5) is 28.3. The molecule has 0 aromatic rings. The van der Waals surface area contributed by atoms with Gasteiger partial charge in [0.25, 0.3) is 0 Å². The zero-order valence-electron chi connectivity index (χ0n) is 11.4. The van der Waals surface area contributed by atoms with Gasteiger partial charge in [0, 0.05) is 12.0 Å². The highest BCUT2D eigenvalue weighted by Crippen LogP contribution is 2.31. The minimum atomic E-state index is -3.24. The Morgan fingerprint density at radius 2 is 2.05 bits per heavy atom. The van der Waals surface area contributed by atoms with E-state index in [9.17, 15) is 18.0 Å². The summed E-state index contributed by atoms with van der Waals surface area (Å²) in [6.07, 6.45) is 3.57. The highest BCUT2D eigenvalue weighted by molar-refractivity contribution is 7.94. The molecule has 110 valence electrons. The lowest BCUT2D eigenvalue weighted by Crippen LogP contribution is -2.65. The van der Waals surface area contributed by atoms with E-state index in [0.717, 1.165) is 11.8 Å². The van der Waals surface area contributed by atoms with Crippen LogP contribution in [0.3, 0.4) is 0 Å². The second kappa shape index (κ2) is 4.58. The molecule has 2 amide bonds. The van der Waals surface area contributed by atoms with E-state index in [1.807, 2.05) is 6.92 Å². The van der Waals surface area contributed by atoms with Crippen molar-refractivity contribution in [3.8, 4) is 0 Å². The number of carbonyl (C=O) groups excluding carboxylic acids is 2. The second-order valence-corrected chi connectivity index (χ2v) is 7.52. The maximum atomic E-state index is 12.6. The van der Waals surface area contributed by atoms with Crippen molar-refractivity contribution in [2.75, 3.05) is 12.3 Å². The first-order chi connectivity index (χ1) is 9.44. The molecule has 0 bridgehead atoms. The predicted molar refractivity (Wildman–Crippen MR) is 72.4 cm³/mol. The Morgan fingerprint density at radius 3 is 2.65 bits per heavy atom. The zero-order chi connectivity index (χ0) is 14.5. The predicted octanol–water partition coefficient (Wildman–Crippen LogP) is -0.0911. The highest BCUT2D eigenvalue weighted by atomic mass is 32.2. The van der Waals surface area contributed by atoms with Gasteiger partial charge in [-0.05, 0) is 25.3 Å². The molecule has 3 unspecified atom stereocenters. The molecule has 3 atom stereocenters. The number of hydrogen-bond acceptors (Lipinski definition) is 4. The fraction of sp³-hybridized carbons (Fsp3) is 0.692. The molecular weight excluding hydrogens is 280 g/mol. The van der Waals surface area contributed by atoms with Crippen LogP contribution in [0, 0.1) is 0 Å². The minimum Gasteiger partial charge on any atom is -0.329 e. The first-order valence-electron chi connectivity index (χ1n) is 6.98. The van der Waals surface area contributed by atoms with E-state index < -0.39 is 21.9 Å². The van der Waals surface area contributed by atoms with E-state index >= 15 is 0 Å². The van der Waals surface area contributed by atoms with Crippen molar-refractivity contribution in [1.82, 2.24) is 9.80 Å². The van der Waals surface area contributed by atoms with E-state index in [2.05, 4.69) is 0 Å². The van der Waals surface area contributed by atoms with Crippen LogP contribution >= 0.6 is 0 Å². The standard InChI is InChI=1S/C13H18N2O4S/c1-2-10-12(16)14-6-3-4-11(14)13(17)15(10)9-5-7-20(18,19)8-9/h5,7,9-11H,2-4,6,8H2,1H3. The fourth-order valence-corrected chi connectivity index (χ4v) is 4.70. The van der Waals surface area contributed by atoms with Gasteiger partial charge in [-0.15, -0.1) is 0 Å². The number of sulfone groups is 1. The lowest BCUT2D eigenvalue weighted by molar-refractivity contribution is -0.160. The summed E-state index contributed by atoms with van der Waals surface area (Å²) in [5.74, 6) is -0.233. The maximum absolute atomic E-state index is 12.6. The Labute approximate surface area is 118 Å². The van der Waals surface area contributed by atoms with Crippen LogP contribution in [0.15, 0.2) is 11.5 Å². The molecule has 20 heavy (non-hydrogen) atoms. The molecule has 0 aromatic carbocycles. The molecule has 0 aromatic heterocycles. The summed E-state index contributed by atoms with van der Waals surface area (Å²) in [7, 11) is -3.24. The van der Waals surface area contributed by atoms with Gasteiger partial charge in [0.2, 0.25) is 11.8 Å². The average Bonchev–Trinajstić information content (AvgIpc) is 3.00. The van der Waals surface area contributed by atoms with Gasteiger partial charge in [-0.1, -0.05) is 6.92 Å². The van der Waals surface area contributed by atoms with Crippen molar-refractivity contribution in [3.05, 3.63) is 11.5 Å². The Hall–Kier alpha value is -1.37. The number of rotatable bonds is 2. The quantitative estimate of drug-likeness (QED) is 0.714. The van der Waals surface area contributed by atoms with Crippen LogP contribution in [0.25, 0.3) is 0 Å². The first-order valence-corrected chi connectivity index (χ1v) is 8.70. The van der Waals surface area contributed by atoms with Crippen LogP contribution in [0.1, 0.15) is 26.2 Å². The zero-order valence-corrected chi connectivity index (χ0v) is 12.2. The third-order valence-electron chi connectivity index (χ3n) is 4.35. The van der Waals surface area contributed by atoms with Crippen molar-refractivity contribution in [3.63, 3.8) is 0 Å². The van der Waals surface area contributed by atoms with E-state index in [-0.39, 0.29) is 23.6 Å². The fourth-order valence-electron chi connectivity index (χ4n) is 3.42. The molecule has 6 nitrogen and oxygen atoms in total. The summed E-state index contributed by atoms with van der Waals surface area (Å²) >= 11 is 0. The van der Waals surface area contributed by atoms with Gasteiger partial charge in [-0.25, -0.2) is 8.42 Å². The molecule has 3 heterocycles. The van der Waals surface area contributed by atoms with Gasteiger partial charge in [0.15, 0.2) is 9.84 Å². The van der Waals surface area contributed by atoms with Gasteiger partial charge in [0.05, 0.1) is 11.8 Å². The van der Waals surface area contributed by atoms with Crippen LogP contribution in [0.2, 0.25) is 0 Å². The largest absolute Gasteiger partial charge is 0.329 e. The smallest absolute Gasteiger partial charge is 0.246 e. The summed E-state index contributed by atoms with van der Waals surface area (Å²) in [5, 5.41) is 1.16. The third-order valence-corrected chi connectivity index (χ3v) is 5.73. The molecule has 0 radical (unpaired) electrons. The summed E-state index contributed by atoms with van der Waals surface area (Å²) in [6, 6.07) is -1.41. The van der Waals surface area contributed by atoms with Crippen molar-refractivity contribution in [1.29, 1.82) is 0 Å². The number of carbonyl (C=O) groups is 2. The van der Waals surface area contributed by atoms with Crippen molar-refractivity contribution < 1.29 is 18.0 Å². The lowest BCUT2D eigenvalue weighted by Gasteiger charge is -2.44. The number of nitrogens with zero attached hydrogens (tertiary/aromatic N) is 2. The maximum Gasteiger partial charge on any atom is 0.246 e. The second-order valence-electron chi connectivity index (χ2n) is 5.58. The molecular formula is C13H18N2O4S. The van der Waals surface area contributed by atoms with E-state index in [4.69, 9.17) is 0 Å². The van der Waals surface area contributed by atoms with E-state index in [1.54, 1.807) is 4.90 Å². The van der Waals surface area contributed by atoms with Crippen LogP contribution in [0.5, 0.6) is 0 Å². The normalized spacial score (nSPS) is 35.8. The summed E-state index contributed by atoms with van der Waals surface area (Å²) in [5.41, 5.74) is 0. The Bertz CT molecular complexity index is 583. The molecule has 3 rings (SSSR count). The van der Waals surface area contributed by atoms with Gasteiger partial charge < -0.3 is 9.80 Å². The van der Waals surface area contributed by atoms with Gasteiger partial charge in [-0.3, -0.25) is 9.59 Å². The summed E-state index contributed by atoms with van der Waals surface area (Å²) in [6.45, 7) is 2.49. The minimum absolute atomic E-state index is 0.0349. The van der Waals surface area contributed by atoms with Gasteiger partial charge in [0.1, 0.15) is 12.1 Å². The van der Waals surface area contributed by atoms with Crippen LogP contribution in [-0.2, 0) is 19.4 Å². The number of fused-ring (bicyclic) bond motifs is 1. The van der Waals surface area contributed by atoms with E-state index in [0.29, 0.717) is 19.4 Å². The summed E-state index contributed by atoms with van der Waals surface area (Å²) < 4.78 is 23.1. The Morgan fingerprint density at radius 1 is 1.30 bits per heavy atom. The third kappa shape index (κ3) is 1.95. The molecule has 0 spiro atoms. The Kier molecular flexibility index (Phi) is 3.12. The monoisotopic (exact) mass is 298 g/mol. The van der Waals surface area contributed by atoms with Crippen LogP contribution in [0.4, 0.5) is 0 Å². The van der Waals surface area contributed by atoms with Crippen molar-refractivity contribution in [2.45, 2.75) is 44.3 Å². The van der Waals surface area contributed by atoms with Gasteiger partial charge in [-0.2, -0.15) is 0 Å². The molecule has 3 aliphatic rings. The van der Waals surface area contributed by atoms with Crippen LogP contribution < -0.4 is 0 Å². The average molecular weight is 298 g/mol. The molecule has 0 N–H and O–H groups in total. The van der Waals surface area contributed by atoms with E-state index in [1.165, 1.54) is 11.0 Å². The number of piperazine rings is 1. The SMILES string of the molecule is CCC1C(=O)N2CCCC2C(=O)N1C1C=CS(=O)(=O)C1. The van der Waals surface area contributed by atoms with Crippen molar-refractivity contribution in [2.24, 2.45) is 0 Å².